The minimum absolute atomic E-state index is 0.0384. The number of hydrogen-bond donors (Lipinski definition) is 2. The van der Waals surface area contributed by atoms with Gasteiger partial charge in [-0.2, -0.15) is 11.3 Å². The van der Waals surface area contributed by atoms with Gasteiger partial charge >= 0.3 is 0 Å². The largest absolute Gasteiger partial charge is 0.388 e. The molecule has 2 aromatic rings. The fourth-order valence-electron chi connectivity index (χ4n) is 1.97. The Hall–Kier alpha value is -1.65. The third-order valence-corrected chi connectivity index (χ3v) is 3.88. The summed E-state index contributed by atoms with van der Waals surface area (Å²) in [7, 11) is 0. The van der Waals surface area contributed by atoms with Crippen LogP contribution in [0.2, 0.25) is 0 Å². The van der Waals surface area contributed by atoms with Crippen molar-refractivity contribution in [3.63, 3.8) is 0 Å². The van der Waals surface area contributed by atoms with Crippen molar-refractivity contribution in [1.29, 1.82) is 0 Å². The zero-order chi connectivity index (χ0) is 14.2. The number of nitrogens with one attached hydrogen (secondary N) is 1. The molecule has 2 rings (SSSR count). The molecule has 0 fully saturated rings. The Morgan fingerprint density at radius 2 is 2.05 bits per heavy atom. The van der Waals surface area contributed by atoms with Gasteiger partial charge < -0.3 is 10.4 Å². The van der Waals surface area contributed by atoms with Gasteiger partial charge in [0.05, 0.1) is 6.10 Å². The third kappa shape index (κ3) is 4.79. The van der Waals surface area contributed by atoms with E-state index in [-0.39, 0.29) is 5.91 Å². The van der Waals surface area contributed by atoms with E-state index in [0.717, 1.165) is 12.0 Å². The molecule has 2 N–H and O–H groups in total. The molecular formula is C16H19NO2S. The van der Waals surface area contributed by atoms with E-state index in [1.54, 1.807) is 11.3 Å². The van der Waals surface area contributed by atoms with Crippen LogP contribution in [-0.2, 0) is 11.2 Å². The molecular weight excluding hydrogens is 270 g/mol. The smallest absolute Gasteiger partial charge is 0.220 e. The second kappa shape index (κ2) is 7.82. The van der Waals surface area contributed by atoms with Crippen LogP contribution in [0, 0.1) is 0 Å². The number of aryl methyl sites for hydroxylation is 1. The van der Waals surface area contributed by atoms with Gasteiger partial charge in [0.2, 0.25) is 5.91 Å². The van der Waals surface area contributed by atoms with E-state index in [4.69, 9.17) is 0 Å². The highest BCUT2D eigenvalue weighted by molar-refractivity contribution is 7.07. The van der Waals surface area contributed by atoms with Crippen molar-refractivity contribution < 1.29 is 9.90 Å². The first kappa shape index (κ1) is 14.8. The molecule has 1 aromatic carbocycles. The summed E-state index contributed by atoms with van der Waals surface area (Å²) in [5.74, 6) is 0.0384. The molecule has 0 aliphatic rings. The quantitative estimate of drug-likeness (QED) is 0.823. The minimum Gasteiger partial charge on any atom is -0.388 e. The molecule has 1 amide bonds. The van der Waals surface area contributed by atoms with Crippen LogP contribution in [0.15, 0.2) is 47.2 Å². The summed E-state index contributed by atoms with van der Waals surface area (Å²) in [4.78, 5) is 11.7. The van der Waals surface area contributed by atoms with Crippen LogP contribution in [0.5, 0.6) is 0 Å². The van der Waals surface area contributed by atoms with Crippen molar-refractivity contribution in [2.45, 2.75) is 25.4 Å². The number of hydrogen-bond acceptors (Lipinski definition) is 3. The first-order valence-electron chi connectivity index (χ1n) is 6.76. The molecule has 0 aliphatic carbocycles. The Balaban J connectivity index is 1.64. The number of aliphatic hydroxyl groups is 1. The van der Waals surface area contributed by atoms with Crippen LogP contribution >= 0.6 is 11.3 Å². The van der Waals surface area contributed by atoms with Crippen molar-refractivity contribution >= 4 is 17.2 Å². The highest BCUT2D eigenvalue weighted by Crippen LogP contribution is 2.15. The second-order valence-electron chi connectivity index (χ2n) is 4.70. The molecule has 0 aliphatic heterocycles. The molecule has 0 spiro atoms. The van der Waals surface area contributed by atoms with E-state index in [0.29, 0.717) is 19.4 Å². The van der Waals surface area contributed by atoms with E-state index in [1.165, 1.54) is 5.56 Å². The average Bonchev–Trinajstić information content (AvgIpc) is 2.99. The number of aliphatic hydroxyl groups excluding tert-OH is 1. The summed E-state index contributed by atoms with van der Waals surface area (Å²) >= 11 is 1.65. The normalized spacial score (nSPS) is 12.1. The highest BCUT2D eigenvalue weighted by Gasteiger charge is 2.08. The second-order valence-corrected chi connectivity index (χ2v) is 5.48. The van der Waals surface area contributed by atoms with Crippen LogP contribution < -0.4 is 5.32 Å². The SMILES string of the molecule is O=C(CCc1ccsc1)NCCC(O)c1ccccc1. The summed E-state index contributed by atoms with van der Waals surface area (Å²) in [6.07, 6.45) is 1.29. The Morgan fingerprint density at radius 3 is 2.75 bits per heavy atom. The summed E-state index contributed by atoms with van der Waals surface area (Å²) in [6, 6.07) is 11.5. The molecule has 4 heteroatoms. The number of amides is 1. The van der Waals surface area contributed by atoms with Crippen molar-refractivity contribution in [2.24, 2.45) is 0 Å². The van der Waals surface area contributed by atoms with E-state index in [9.17, 15) is 9.90 Å². The maximum absolute atomic E-state index is 11.7. The lowest BCUT2D eigenvalue weighted by Crippen LogP contribution is -2.25. The van der Waals surface area contributed by atoms with Gasteiger partial charge in [-0.15, -0.1) is 0 Å². The molecule has 106 valence electrons. The van der Waals surface area contributed by atoms with E-state index >= 15 is 0 Å². The summed E-state index contributed by atoms with van der Waals surface area (Å²) in [6.45, 7) is 0.499. The van der Waals surface area contributed by atoms with Gasteiger partial charge in [-0.1, -0.05) is 30.3 Å². The lowest BCUT2D eigenvalue weighted by atomic mass is 10.1. The molecule has 1 unspecified atom stereocenters. The van der Waals surface area contributed by atoms with Crippen molar-refractivity contribution in [3.8, 4) is 0 Å². The Bertz CT molecular complexity index is 511. The number of carbonyl (C=O) groups excluding carboxylic acids is 1. The minimum atomic E-state index is -0.520. The number of thiophene rings is 1. The monoisotopic (exact) mass is 289 g/mol. The number of benzene rings is 1. The predicted octanol–water partition coefficient (Wildman–Crippen LogP) is 2.92. The van der Waals surface area contributed by atoms with E-state index in [2.05, 4.69) is 10.7 Å². The first-order valence-corrected chi connectivity index (χ1v) is 7.71. The maximum atomic E-state index is 11.7. The van der Waals surface area contributed by atoms with Gasteiger partial charge in [-0.3, -0.25) is 4.79 Å². The van der Waals surface area contributed by atoms with Gasteiger partial charge in [-0.05, 0) is 40.8 Å². The summed E-state index contributed by atoms with van der Waals surface area (Å²) in [5, 5.41) is 16.9. The Morgan fingerprint density at radius 1 is 1.25 bits per heavy atom. The third-order valence-electron chi connectivity index (χ3n) is 3.15. The summed E-state index contributed by atoms with van der Waals surface area (Å²) < 4.78 is 0. The average molecular weight is 289 g/mol. The first-order chi connectivity index (χ1) is 9.75. The van der Waals surface area contributed by atoms with Crippen LogP contribution in [0.4, 0.5) is 0 Å². The van der Waals surface area contributed by atoms with Gasteiger partial charge in [0, 0.05) is 13.0 Å². The zero-order valence-electron chi connectivity index (χ0n) is 11.3. The highest BCUT2D eigenvalue weighted by atomic mass is 32.1. The van der Waals surface area contributed by atoms with Gasteiger partial charge in [-0.25, -0.2) is 0 Å². The fourth-order valence-corrected chi connectivity index (χ4v) is 2.67. The molecule has 3 nitrogen and oxygen atoms in total. The predicted molar refractivity (Wildman–Crippen MR) is 81.7 cm³/mol. The standard InChI is InChI=1S/C16H19NO2S/c18-15(14-4-2-1-3-5-14)8-10-17-16(19)7-6-13-9-11-20-12-13/h1-5,9,11-12,15,18H,6-8,10H2,(H,17,19). The van der Waals surface area contributed by atoms with Gasteiger partial charge in [0.25, 0.3) is 0 Å². The summed E-state index contributed by atoms with van der Waals surface area (Å²) in [5.41, 5.74) is 2.09. The molecule has 1 atom stereocenters. The Labute approximate surface area is 123 Å². The van der Waals surface area contributed by atoms with Crippen LogP contribution in [-0.4, -0.2) is 17.6 Å². The van der Waals surface area contributed by atoms with Crippen LogP contribution in [0.25, 0.3) is 0 Å². The molecule has 0 bridgehead atoms. The molecule has 0 radical (unpaired) electrons. The number of carbonyl (C=O) groups is 1. The van der Waals surface area contributed by atoms with Gasteiger partial charge in [0.15, 0.2) is 0 Å². The van der Waals surface area contributed by atoms with Crippen LogP contribution in [0.1, 0.15) is 30.1 Å². The van der Waals surface area contributed by atoms with Crippen molar-refractivity contribution in [1.82, 2.24) is 5.32 Å². The molecule has 1 heterocycles. The molecule has 0 saturated carbocycles. The fraction of sp³-hybridized carbons (Fsp3) is 0.312. The van der Waals surface area contributed by atoms with Crippen molar-refractivity contribution in [3.05, 3.63) is 58.3 Å². The zero-order valence-corrected chi connectivity index (χ0v) is 12.1. The van der Waals surface area contributed by atoms with E-state index < -0.39 is 6.10 Å². The van der Waals surface area contributed by atoms with Crippen LogP contribution in [0.3, 0.4) is 0 Å². The Kier molecular flexibility index (Phi) is 5.77. The topological polar surface area (TPSA) is 49.3 Å². The number of rotatable bonds is 7. The van der Waals surface area contributed by atoms with E-state index in [1.807, 2.05) is 41.8 Å². The van der Waals surface area contributed by atoms with Crippen molar-refractivity contribution in [2.75, 3.05) is 6.54 Å². The maximum Gasteiger partial charge on any atom is 0.220 e. The molecule has 1 aromatic heterocycles. The molecule has 20 heavy (non-hydrogen) atoms. The molecule has 0 saturated heterocycles. The lowest BCUT2D eigenvalue weighted by molar-refractivity contribution is -0.121. The lowest BCUT2D eigenvalue weighted by Gasteiger charge is -2.11. The van der Waals surface area contributed by atoms with Gasteiger partial charge in [0.1, 0.15) is 0 Å².